The third-order valence-corrected chi connectivity index (χ3v) is 4.46. The lowest BCUT2D eigenvalue weighted by molar-refractivity contribution is -0.117. The predicted molar refractivity (Wildman–Crippen MR) is 110 cm³/mol. The van der Waals surface area contributed by atoms with Crippen LogP contribution in [0.3, 0.4) is 0 Å². The van der Waals surface area contributed by atoms with E-state index in [4.69, 9.17) is 9.47 Å². The number of carbonyl (C=O) groups is 1. The first kappa shape index (κ1) is 18.8. The van der Waals surface area contributed by atoms with Gasteiger partial charge in [0.2, 0.25) is 5.91 Å². The predicted octanol–water partition coefficient (Wildman–Crippen LogP) is 5.38. The molecule has 0 aliphatic heterocycles. The van der Waals surface area contributed by atoms with Gasteiger partial charge in [-0.3, -0.25) is 4.79 Å². The second kappa shape index (κ2) is 8.12. The summed E-state index contributed by atoms with van der Waals surface area (Å²) in [4.78, 5) is 12.6. The molecule has 0 saturated heterocycles. The summed E-state index contributed by atoms with van der Waals surface area (Å²) in [5, 5.41) is 5.15. The molecule has 0 spiro atoms. The number of fused-ring (bicyclic) bond motifs is 1. The number of hydrogen-bond donors (Lipinski definition) is 1. The summed E-state index contributed by atoms with van der Waals surface area (Å²) in [5.74, 6) is 1.32. The second-order valence-corrected chi connectivity index (χ2v) is 6.87. The van der Waals surface area contributed by atoms with E-state index in [9.17, 15) is 4.79 Å². The summed E-state index contributed by atoms with van der Waals surface area (Å²) in [5.41, 5.74) is 1.73. The summed E-state index contributed by atoms with van der Waals surface area (Å²) in [7, 11) is 1.66. The third kappa shape index (κ3) is 4.59. The van der Waals surface area contributed by atoms with Crippen LogP contribution >= 0.6 is 0 Å². The van der Waals surface area contributed by atoms with Crippen LogP contribution in [0.1, 0.15) is 32.3 Å². The molecular formula is C23H25NO3. The molecule has 1 atom stereocenters. The van der Waals surface area contributed by atoms with Crippen molar-refractivity contribution >= 4 is 22.4 Å². The average molecular weight is 363 g/mol. The Morgan fingerprint density at radius 1 is 0.852 bits per heavy atom. The molecule has 0 heterocycles. The van der Waals surface area contributed by atoms with Gasteiger partial charge in [0.25, 0.3) is 0 Å². The maximum Gasteiger partial charge on any atom is 0.231 e. The quantitative estimate of drug-likeness (QED) is 0.640. The lowest BCUT2D eigenvalue weighted by Gasteiger charge is -2.14. The first-order chi connectivity index (χ1) is 13.0. The van der Waals surface area contributed by atoms with E-state index in [1.54, 1.807) is 7.11 Å². The van der Waals surface area contributed by atoms with E-state index in [1.165, 1.54) is 0 Å². The number of hydrogen-bond acceptors (Lipinski definition) is 3. The molecule has 27 heavy (non-hydrogen) atoms. The van der Waals surface area contributed by atoms with Gasteiger partial charge in [-0.2, -0.15) is 0 Å². The highest BCUT2D eigenvalue weighted by molar-refractivity contribution is 5.96. The van der Waals surface area contributed by atoms with Crippen LogP contribution < -0.4 is 14.8 Å². The Bertz CT molecular complexity index is 932. The number of methoxy groups -OCH3 is 1. The van der Waals surface area contributed by atoms with E-state index >= 15 is 0 Å². The van der Waals surface area contributed by atoms with Crippen molar-refractivity contribution < 1.29 is 14.3 Å². The van der Waals surface area contributed by atoms with Crippen molar-refractivity contribution in [3.05, 3.63) is 66.2 Å². The van der Waals surface area contributed by atoms with Gasteiger partial charge < -0.3 is 14.8 Å². The van der Waals surface area contributed by atoms with E-state index < -0.39 is 0 Å². The molecule has 0 unspecified atom stereocenters. The molecule has 1 amide bonds. The van der Waals surface area contributed by atoms with Crippen LogP contribution in [0.4, 0.5) is 5.69 Å². The molecule has 0 aliphatic rings. The maximum atomic E-state index is 12.6. The highest BCUT2D eigenvalue weighted by Crippen LogP contribution is 2.26. The van der Waals surface area contributed by atoms with Crippen molar-refractivity contribution in [2.24, 2.45) is 0 Å². The zero-order valence-corrected chi connectivity index (χ0v) is 16.2. The molecule has 0 fully saturated rings. The molecule has 0 bridgehead atoms. The van der Waals surface area contributed by atoms with E-state index in [1.807, 2.05) is 75.4 Å². The van der Waals surface area contributed by atoms with Gasteiger partial charge in [0.1, 0.15) is 11.5 Å². The summed E-state index contributed by atoms with van der Waals surface area (Å²) in [6, 6.07) is 19.4. The van der Waals surface area contributed by atoms with Crippen LogP contribution in [0.2, 0.25) is 0 Å². The van der Waals surface area contributed by atoms with Gasteiger partial charge in [0.05, 0.1) is 19.1 Å². The monoisotopic (exact) mass is 363 g/mol. The Labute approximate surface area is 160 Å². The first-order valence-corrected chi connectivity index (χ1v) is 9.11. The summed E-state index contributed by atoms with van der Waals surface area (Å²) in [6.45, 7) is 5.88. The molecule has 3 aromatic rings. The number of benzene rings is 3. The van der Waals surface area contributed by atoms with Crippen molar-refractivity contribution in [1.82, 2.24) is 0 Å². The van der Waals surface area contributed by atoms with Crippen molar-refractivity contribution in [3.63, 3.8) is 0 Å². The van der Waals surface area contributed by atoms with Crippen molar-refractivity contribution in [1.29, 1.82) is 0 Å². The molecule has 1 N–H and O–H groups in total. The second-order valence-electron chi connectivity index (χ2n) is 6.87. The van der Waals surface area contributed by atoms with Gasteiger partial charge in [-0.25, -0.2) is 0 Å². The van der Waals surface area contributed by atoms with Gasteiger partial charge in [0.15, 0.2) is 0 Å². The number of anilines is 1. The van der Waals surface area contributed by atoms with Gasteiger partial charge in [-0.1, -0.05) is 24.3 Å². The lowest BCUT2D eigenvalue weighted by atomic mass is 9.97. The molecule has 0 saturated carbocycles. The topological polar surface area (TPSA) is 47.6 Å². The van der Waals surface area contributed by atoms with Crippen molar-refractivity contribution in [2.45, 2.75) is 32.8 Å². The Hall–Kier alpha value is -3.01. The van der Waals surface area contributed by atoms with Gasteiger partial charge in [-0.15, -0.1) is 0 Å². The smallest absolute Gasteiger partial charge is 0.231 e. The molecular weight excluding hydrogens is 338 g/mol. The minimum Gasteiger partial charge on any atom is -0.497 e. The zero-order chi connectivity index (χ0) is 19.4. The number of carbonyl (C=O) groups excluding carboxylic acids is 1. The van der Waals surface area contributed by atoms with Gasteiger partial charge in [-0.05, 0) is 73.5 Å². The van der Waals surface area contributed by atoms with E-state index in [0.29, 0.717) is 0 Å². The first-order valence-electron chi connectivity index (χ1n) is 9.11. The Kier molecular flexibility index (Phi) is 5.65. The lowest BCUT2D eigenvalue weighted by Crippen LogP contribution is -2.18. The number of nitrogens with one attached hydrogen (secondary N) is 1. The van der Waals surface area contributed by atoms with Crippen molar-refractivity contribution in [3.8, 4) is 11.5 Å². The molecule has 140 valence electrons. The molecule has 3 aromatic carbocycles. The number of amides is 1. The summed E-state index contributed by atoms with van der Waals surface area (Å²) >= 11 is 0. The molecule has 0 aliphatic carbocycles. The Balaban J connectivity index is 1.72. The van der Waals surface area contributed by atoms with Crippen LogP contribution in [-0.4, -0.2) is 19.1 Å². The number of ether oxygens (including phenoxy) is 2. The minimum absolute atomic E-state index is 0.0413. The van der Waals surface area contributed by atoms with Crippen molar-refractivity contribution in [2.75, 3.05) is 12.4 Å². The van der Waals surface area contributed by atoms with Crippen LogP contribution in [-0.2, 0) is 4.79 Å². The minimum atomic E-state index is -0.261. The molecule has 3 rings (SSSR count). The Morgan fingerprint density at radius 2 is 1.48 bits per heavy atom. The van der Waals surface area contributed by atoms with Gasteiger partial charge in [0, 0.05) is 5.69 Å². The molecule has 0 aromatic heterocycles. The van der Waals surface area contributed by atoms with Crippen LogP contribution in [0.5, 0.6) is 11.5 Å². The van der Waals surface area contributed by atoms with Crippen LogP contribution in [0.15, 0.2) is 60.7 Å². The highest BCUT2D eigenvalue weighted by atomic mass is 16.5. The van der Waals surface area contributed by atoms with E-state index in [2.05, 4.69) is 11.4 Å². The largest absolute Gasteiger partial charge is 0.497 e. The van der Waals surface area contributed by atoms with Crippen LogP contribution in [0, 0.1) is 0 Å². The fourth-order valence-corrected chi connectivity index (χ4v) is 2.93. The standard InChI is InChI=1S/C23H25NO3/c1-15(2)27-21-11-8-20(9-12-21)24-23(25)16(3)17-5-6-19-14-22(26-4)10-7-18(19)13-17/h5-16H,1-4H3,(H,24,25)/t16-/m0/s1. The number of rotatable bonds is 6. The van der Waals surface area contributed by atoms with Crippen LogP contribution in [0.25, 0.3) is 10.8 Å². The molecule has 4 heteroatoms. The van der Waals surface area contributed by atoms with E-state index in [0.717, 1.165) is 33.5 Å². The molecule has 4 nitrogen and oxygen atoms in total. The normalized spacial score (nSPS) is 12.0. The fourth-order valence-electron chi connectivity index (χ4n) is 2.93. The van der Waals surface area contributed by atoms with Gasteiger partial charge >= 0.3 is 0 Å². The molecule has 0 radical (unpaired) electrons. The Morgan fingerprint density at radius 3 is 2.15 bits per heavy atom. The summed E-state index contributed by atoms with van der Waals surface area (Å²) < 4.78 is 10.9. The SMILES string of the molecule is COc1ccc2cc([C@H](C)C(=O)Nc3ccc(OC(C)C)cc3)ccc2c1. The summed E-state index contributed by atoms with van der Waals surface area (Å²) in [6.07, 6.45) is 0.123. The highest BCUT2D eigenvalue weighted by Gasteiger charge is 2.16. The fraction of sp³-hybridized carbons (Fsp3) is 0.261. The van der Waals surface area contributed by atoms with E-state index in [-0.39, 0.29) is 17.9 Å². The maximum absolute atomic E-state index is 12.6. The zero-order valence-electron chi connectivity index (χ0n) is 16.2. The average Bonchev–Trinajstić information content (AvgIpc) is 2.67. The third-order valence-electron chi connectivity index (χ3n) is 4.46.